The lowest BCUT2D eigenvalue weighted by molar-refractivity contribution is 0.571. The Morgan fingerprint density at radius 2 is 2.33 bits per heavy atom. The molecule has 0 radical (unpaired) electrons. The molecule has 0 unspecified atom stereocenters. The minimum Gasteiger partial charge on any atom is -0.407 e. The van der Waals surface area contributed by atoms with Crippen LogP contribution in [0.2, 0.25) is 5.35 Å². The SMILES string of the molecule is Clc1nnc(-c2ccsc2Br)o1. The van der Waals surface area contributed by atoms with Crippen LogP contribution in [0.4, 0.5) is 0 Å². The normalized spacial score (nSPS) is 10.5. The van der Waals surface area contributed by atoms with E-state index in [1.54, 1.807) is 11.3 Å². The molecule has 0 amide bonds. The zero-order valence-corrected chi connectivity index (χ0v) is 8.78. The van der Waals surface area contributed by atoms with Gasteiger partial charge in [0, 0.05) is 0 Å². The van der Waals surface area contributed by atoms with Crippen LogP contribution in [0.5, 0.6) is 0 Å². The molecule has 6 heteroatoms. The zero-order valence-electron chi connectivity index (χ0n) is 5.62. The van der Waals surface area contributed by atoms with Gasteiger partial charge in [-0.25, -0.2) is 0 Å². The average molecular weight is 266 g/mol. The Labute approximate surface area is 85.5 Å². The van der Waals surface area contributed by atoms with Gasteiger partial charge in [0.1, 0.15) is 0 Å². The Kier molecular flexibility index (Phi) is 2.16. The van der Waals surface area contributed by atoms with Crippen LogP contribution in [-0.4, -0.2) is 10.2 Å². The third-order valence-corrected chi connectivity index (χ3v) is 3.09. The van der Waals surface area contributed by atoms with Crippen molar-refractivity contribution in [3.8, 4) is 11.5 Å². The molecule has 0 aromatic carbocycles. The molecule has 0 spiro atoms. The number of halogens is 2. The van der Waals surface area contributed by atoms with Crippen molar-refractivity contribution in [2.45, 2.75) is 0 Å². The predicted octanol–water partition coefficient (Wildman–Crippen LogP) is 3.21. The molecule has 0 aliphatic carbocycles. The van der Waals surface area contributed by atoms with Crippen LogP contribution in [0.25, 0.3) is 11.5 Å². The fourth-order valence-electron chi connectivity index (χ4n) is 0.760. The summed E-state index contributed by atoms with van der Waals surface area (Å²) in [6.45, 7) is 0. The lowest BCUT2D eigenvalue weighted by Gasteiger charge is -1.87. The van der Waals surface area contributed by atoms with Gasteiger partial charge in [0.15, 0.2) is 0 Å². The lowest BCUT2D eigenvalue weighted by Crippen LogP contribution is -1.73. The Bertz CT molecular complexity index is 400. The Hall–Kier alpha value is -0.390. The van der Waals surface area contributed by atoms with Crippen molar-refractivity contribution in [2.75, 3.05) is 0 Å². The van der Waals surface area contributed by atoms with Gasteiger partial charge in [-0.1, -0.05) is 5.10 Å². The van der Waals surface area contributed by atoms with Crippen molar-refractivity contribution in [3.05, 3.63) is 20.6 Å². The maximum Gasteiger partial charge on any atom is 0.313 e. The van der Waals surface area contributed by atoms with E-state index < -0.39 is 0 Å². The van der Waals surface area contributed by atoms with E-state index in [1.807, 2.05) is 11.4 Å². The first kappa shape index (κ1) is 8.22. The van der Waals surface area contributed by atoms with E-state index >= 15 is 0 Å². The van der Waals surface area contributed by atoms with E-state index in [1.165, 1.54) is 0 Å². The van der Waals surface area contributed by atoms with Gasteiger partial charge in [-0.3, -0.25) is 0 Å². The van der Waals surface area contributed by atoms with Crippen LogP contribution < -0.4 is 0 Å². The monoisotopic (exact) mass is 264 g/mol. The second-order valence-electron chi connectivity index (χ2n) is 1.97. The van der Waals surface area contributed by atoms with Gasteiger partial charge >= 0.3 is 5.35 Å². The van der Waals surface area contributed by atoms with Gasteiger partial charge in [-0.2, -0.15) is 0 Å². The summed E-state index contributed by atoms with van der Waals surface area (Å²) >= 11 is 10.4. The van der Waals surface area contributed by atoms with E-state index in [0.717, 1.165) is 9.35 Å². The standard InChI is InChI=1S/C6H2BrClN2OS/c7-4-3(1-2-12-4)5-9-10-6(8)11-5/h1-2H. The number of hydrogen-bond donors (Lipinski definition) is 0. The van der Waals surface area contributed by atoms with Crippen molar-refractivity contribution in [2.24, 2.45) is 0 Å². The summed E-state index contributed by atoms with van der Waals surface area (Å²) < 4.78 is 5.99. The molecule has 0 N–H and O–H groups in total. The molecule has 0 bridgehead atoms. The fraction of sp³-hybridized carbons (Fsp3) is 0. The summed E-state index contributed by atoms with van der Waals surface area (Å²) in [5, 5.41) is 9.28. The van der Waals surface area contributed by atoms with Gasteiger partial charge in [0.2, 0.25) is 0 Å². The van der Waals surface area contributed by atoms with E-state index in [0.29, 0.717) is 5.89 Å². The third kappa shape index (κ3) is 1.39. The highest BCUT2D eigenvalue weighted by atomic mass is 79.9. The van der Waals surface area contributed by atoms with Crippen LogP contribution in [0, 0.1) is 0 Å². The molecule has 0 saturated carbocycles. The Balaban J connectivity index is 2.50. The molecule has 0 atom stereocenters. The summed E-state index contributed by atoms with van der Waals surface area (Å²) in [4.78, 5) is 0. The molecular formula is C6H2BrClN2OS. The maximum atomic E-state index is 5.48. The Morgan fingerprint density at radius 1 is 1.50 bits per heavy atom. The smallest absolute Gasteiger partial charge is 0.313 e. The number of nitrogens with zero attached hydrogens (tertiary/aromatic N) is 2. The zero-order chi connectivity index (χ0) is 8.55. The fourth-order valence-corrected chi connectivity index (χ4v) is 2.10. The van der Waals surface area contributed by atoms with Crippen LogP contribution in [0.15, 0.2) is 19.6 Å². The number of hydrogen-bond acceptors (Lipinski definition) is 4. The van der Waals surface area contributed by atoms with Gasteiger partial charge < -0.3 is 4.42 Å². The number of aromatic nitrogens is 2. The molecule has 2 rings (SSSR count). The second-order valence-corrected chi connectivity index (χ2v) is 4.53. The second kappa shape index (κ2) is 3.16. The van der Waals surface area contributed by atoms with E-state index in [-0.39, 0.29) is 5.35 Å². The molecule has 12 heavy (non-hydrogen) atoms. The molecule has 2 aromatic heterocycles. The van der Waals surface area contributed by atoms with Gasteiger partial charge in [0.25, 0.3) is 5.89 Å². The Morgan fingerprint density at radius 3 is 2.83 bits per heavy atom. The highest BCUT2D eigenvalue weighted by Gasteiger charge is 2.10. The topological polar surface area (TPSA) is 38.9 Å². The summed E-state index contributed by atoms with van der Waals surface area (Å²) in [6, 6.07) is 1.89. The van der Waals surface area contributed by atoms with Crippen LogP contribution in [-0.2, 0) is 0 Å². The number of thiophene rings is 1. The lowest BCUT2D eigenvalue weighted by atomic mass is 10.3. The van der Waals surface area contributed by atoms with E-state index in [2.05, 4.69) is 26.1 Å². The molecule has 0 fully saturated rings. The number of rotatable bonds is 1. The summed E-state index contributed by atoms with van der Waals surface area (Å²) in [5.74, 6) is 0.438. The molecule has 3 nitrogen and oxygen atoms in total. The van der Waals surface area contributed by atoms with E-state index in [9.17, 15) is 0 Å². The van der Waals surface area contributed by atoms with Crippen LogP contribution >= 0.6 is 38.9 Å². The molecule has 0 saturated heterocycles. The highest BCUT2D eigenvalue weighted by Crippen LogP contribution is 2.32. The molecule has 2 heterocycles. The van der Waals surface area contributed by atoms with E-state index in [4.69, 9.17) is 16.0 Å². The first-order valence-electron chi connectivity index (χ1n) is 3.00. The molecule has 0 aliphatic heterocycles. The highest BCUT2D eigenvalue weighted by molar-refractivity contribution is 9.11. The summed E-state index contributed by atoms with van der Waals surface area (Å²) in [5.41, 5.74) is 0.874. The molecule has 2 aromatic rings. The van der Waals surface area contributed by atoms with Crippen molar-refractivity contribution in [3.63, 3.8) is 0 Å². The summed E-state index contributed by atoms with van der Waals surface area (Å²) in [7, 11) is 0. The van der Waals surface area contributed by atoms with Crippen LogP contribution in [0.3, 0.4) is 0 Å². The largest absolute Gasteiger partial charge is 0.407 e. The minimum absolute atomic E-state index is 0.0584. The quantitative estimate of drug-likeness (QED) is 0.795. The van der Waals surface area contributed by atoms with Crippen LogP contribution in [0.1, 0.15) is 0 Å². The molecule has 62 valence electrons. The maximum absolute atomic E-state index is 5.48. The molecular weight excluding hydrogens is 264 g/mol. The minimum atomic E-state index is 0.0584. The van der Waals surface area contributed by atoms with Crippen molar-refractivity contribution >= 4 is 38.9 Å². The molecule has 0 aliphatic rings. The van der Waals surface area contributed by atoms with Crippen molar-refractivity contribution in [1.29, 1.82) is 0 Å². The van der Waals surface area contributed by atoms with Gasteiger partial charge in [-0.05, 0) is 39.0 Å². The van der Waals surface area contributed by atoms with Gasteiger partial charge in [0.05, 0.1) is 9.35 Å². The summed E-state index contributed by atoms with van der Waals surface area (Å²) in [6.07, 6.45) is 0. The van der Waals surface area contributed by atoms with Crippen molar-refractivity contribution < 1.29 is 4.42 Å². The third-order valence-electron chi connectivity index (χ3n) is 1.25. The first-order valence-corrected chi connectivity index (χ1v) is 5.05. The first-order chi connectivity index (χ1) is 5.77. The average Bonchev–Trinajstić information content (AvgIpc) is 2.58. The van der Waals surface area contributed by atoms with Gasteiger partial charge in [-0.15, -0.1) is 16.4 Å². The predicted molar refractivity (Wildman–Crippen MR) is 50.3 cm³/mol. The van der Waals surface area contributed by atoms with Crippen molar-refractivity contribution in [1.82, 2.24) is 10.2 Å².